The molecule has 0 N–H and O–H groups in total. The van der Waals surface area contributed by atoms with Crippen LogP contribution in [0.4, 0.5) is 0 Å². The van der Waals surface area contributed by atoms with Gasteiger partial charge in [0, 0.05) is 5.92 Å². The highest BCUT2D eigenvalue weighted by atomic mass is 32.2. The SMILES string of the molecule is CCC1CCCSC(CC)C1=O. The Hall–Kier alpha value is 0.0200. The number of Topliss-reactive ketones (excluding diaryl/α,β-unsaturated/α-hetero) is 1. The van der Waals surface area contributed by atoms with Crippen molar-refractivity contribution in [2.24, 2.45) is 5.92 Å². The van der Waals surface area contributed by atoms with Gasteiger partial charge >= 0.3 is 0 Å². The third-order valence-electron chi connectivity index (χ3n) is 2.60. The highest BCUT2D eigenvalue weighted by Gasteiger charge is 2.26. The maximum Gasteiger partial charge on any atom is 0.148 e. The second-order valence-electron chi connectivity index (χ2n) is 3.42. The van der Waals surface area contributed by atoms with Gasteiger partial charge < -0.3 is 0 Å². The van der Waals surface area contributed by atoms with Gasteiger partial charge in [0.15, 0.2) is 0 Å². The minimum Gasteiger partial charge on any atom is -0.298 e. The molecule has 1 aliphatic heterocycles. The summed E-state index contributed by atoms with van der Waals surface area (Å²) in [6.07, 6.45) is 4.40. The van der Waals surface area contributed by atoms with Gasteiger partial charge in [-0.05, 0) is 31.4 Å². The zero-order valence-electron chi connectivity index (χ0n) is 8.01. The van der Waals surface area contributed by atoms with E-state index in [0.717, 1.165) is 19.3 Å². The van der Waals surface area contributed by atoms with E-state index in [1.165, 1.54) is 12.2 Å². The zero-order valence-corrected chi connectivity index (χ0v) is 8.82. The molecule has 0 amide bonds. The molecule has 12 heavy (non-hydrogen) atoms. The summed E-state index contributed by atoms with van der Waals surface area (Å²) in [7, 11) is 0. The summed E-state index contributed by atoms with van der Waals surface area (Å²) in [6, 6.07) is 0. The molecule has 0 radical (unpaired) electrons. The normalized spacial score (nSPS) is 31.7. The van der Waals surface area contributed by atoms with Crippen LogP contribution in [0.3, 0.4) is 0 Å². The van der Waals surface area contributed by atoms with Crippen molar-refractivity contribution in [1.29, 1.82) is 0 Å². The van der Waals surface area contributed by atoms with Crippen LogP contribution < -0.4 is 0 Å². The third-order valence-corrected chi connectivity index (χ3v) is 4.09. The third kappa shape index (κ3) is 2.25. The first-order valence-electron chi connectivity index (χ1n) is 4.94. The van der Waals surface area contributed by atoms with E-state index in [0.29, 0.717) is 17.0 Å². The molecule has 0 aromatic carbocycles. The lowest BCUT2D eigenvalue weighted by Gasteiger charge is -2.14. The van der Waals surface area contributed by atoms with E-state index in [1.54, 1.807) is 0 Å². The van der Waals surface area contributed by atoms with Crippen molar-refractivity contribution < 1.29 is 4.79 Å². The summed E-state index contributed by atoms with van der Waals surface area (Å²) in [5.74, 6) is 2.06. The standard InChI is InChI=1S/C10H18OS/c1-3-8-6-5-7-12-9(4-2)10(8)11/h8-9H,3-7H2,1-2H3. The Morgan fingerprint density at radius 1 is 1.42 bits per heavy atom. The predicted octanol–water partition coefficient (Wildman–Crippen LogP) is 2.89. The Morgan fingerprint density at radius 3 is 2.75 bits per heavy atom. The Balaban J connectivity index is 2.59. The van der Waals surface area contributed by atoms with E-state index in [4.69, 9.17) is 0 Å². The van der Waals surface area contributed by atoms with Crippen molar-refractivity contribution in [3.05, 3.63) is 0 Å². The molecule has 0 aliphatic carbocycles. The summed E-state index contributed by atoms with van der Waals surface area (Å²) in [5, 5.41) is 0.303. The van der Waals surface area contributed by atoms with Crippen LogP contribution in [0.25, 0.3) is 0 Å². The largest absolute Gasteiger partial charge is 0.298 e. The van der Waals surface area contributed by atoms with Gasteiger partial charge in [0.25, 0.3) is 0 Å². The number of rotatable bonds is 2. The molecule has 1 nitrogen and oxygen atoms in total. The minimum atomic E-state index is 0.303. The summed E-state index contributed by atoms with van der Waals surface area (Å²) in [5.41, 5.74) is 0. The monoisotopic (exact) mass is 186 g/mol. The molecular formula is C10H18OS. The van der Waals surface area contributed by atoms with Gasteiger partial charge in [0.2, 0.25) is 0 Å². The van der Waals surface area contributed by atoms with E-state index in [-0.39, 0.29) is 0 Å². The number of hydrogen-bond acceptors (Lipinski definition) is 2. The van der Waals surface area contributed by atoms with Crippen molar-refractivity contribution in [1.82, 2.24) is 0 Å². The highest BCUT2D eigenvalue weighted by Crippen LogP contribution is 2.28. The topological polar surface area (TPSA) is 17.1 Å². The molecule has 1 rings (SSSR count). The number of carbonyl (C=O) groups excluding carboxylic acids is 1. The van der Waals surface area contributed by atoms with Crippen LogP contribution in [0.2, 0.25) is 0 Å². The van der Waals surface area contributed by atoms with Crippen molar-refractivity contribution in [2.75, 3.05) is 5.75 Å². The van der Waals surface area contributed by atoms with E-state index in [1.807, 2.05) is 11.8 Å². The molecule has 70 valence electrons. The zero-order chi connectivity index (χ0) is 8.97. The van der Waals surface area contributed by atoms with Gasteiger partial charge in [-0.3, -0.25) is 4.79 Å². The van der Waals surface area contributed by atoms with Crippen molar-refractivity contribution in [3.8, 4) is 0 Å². The van der Waals surface area contributed by atoms with Crippen LogP contribution in [-0.2, 0) is 4.79 Å². The van der Waals surface area contributed by atoms with Crippen LogP contribution in [0, 0.1) is 5.92 Å². The number of thioether (sulfide) groups is 1. The van der Waals surface area contributed by atoms with Crippen LogP contribution in [0.5, 0.6) is 0 Å². The lowest BCUT2D eigenvalue weighted by molar-refractivity contribution is -0.122. The van der Waals surface area contributed by atoms with Gasteiger partial charge in [-0.25, -0.2) is 0 Å². The Morgan fingerprint density at radius 2 is 2.17 bits per heavy atom. The van der Waals surface area contributed by atoms with E-state index < -0.39 is 0 Å². The second kappa shape index (κ2) is 4.90. The lowest BCUT2D eigenvalue weighted by atomic mass is 9.93. The number of carbonyl (C=O) groups is 1. The van der Waals surface area contributed by atoms with Crippen LogP contribution in [0.15, 0.2) is 0 Å². The molecule has 2 unspecified atom stereocenters. The Labute approximate surface area is 79.3 Å². The van der Waals surface area contributed by atoms with E-state index in [9.17, 15) is 4.79 Å². The smallest absolute Gasteiger partial charge is 0.148 e. The van der Waals surface area contributed by atoms with Gasteiger partial charge in [-0.15, -0.1) is 0 Å². The molecule has 0 aromatic rings. The van der Waals surface area contributed by atoms with Crippen molar-refractivity contribution in [3.63, 3.8) is 0 Å². The Bertz CT molecular complexity index is 140. The van der Waals surface area contributed by atoms with Gasteiger partial charge in [0.05, 0.1) is 5.25 Å². The van der Waals surface area contributed by atoms with Gasteiger partial charge in [-0.1, -0.05) is 13.8 Å². The van der Waals surface area contributed by atoms with Gasteiger partial charge in [-0.2, -0.15) is 11.8 Å². The molecule has 1 saturated heterocycles. The quantitative estimate of drug-likeness (QED) is 0.659. The summed E-state index contributed by atoms with van der Waals surface area (Å²) >= 11 is 1.86. The van der Waals surface area contributed by atoms with E-state index in [2.05, 4.69) is 13.8 Å². The molecular weight excluding hydrogens is 168 g/mol. The Kier molecular flexibility index (Phi) is 4.13. The molecule has 1 heterocycles. The van der Waals surface area contributed by atoms with E-state index >= 15 is 0 Å². The molecule has 1 aliphatic rings. The number of hydrogen-bond donors (Lipinski definition) is 0. The number of ketones is 1. The first-order valence-corrected chi connectivity index (χ1v) is 5.99. The molecule has 2 heteroatoms. The maximum atomic E-state index is 11.8. The molecule has 0 saturated carbocycles. The van der Waals surface area contributed by atoms with Crippen molar-refractivity contribution >= 4 is 17.5 Å². The van der Waals surface area contributed by atoms with Crippen LogP contribution in [0.1, 0.15) is 39.5 Å². The predicted molar refractivity (Wildman–Crippen MR) is 54.6 cm³/mol. The van der Waals surface area contributed by atoms with Crippen LogP contribution >= 0.6 is 11.8 Å². The molecule has 2 atom stereocenters. The fraction of sp³-hybridized carbons (Fsp3) is 0.900. The fourth-order valence-electron chi connectivity index (χ4n) is 1.77. The first-order chi connectivity index (χ1) is 5.79. The van der Waals surface area contributed by atoms with Crippen LogP contribution in [-0.4, -0.2) is 16.8 Å². The average molecular weight is 186 g/mol. The fourth-order valence-corrected chi connectivity index (χ4v) is 2.98. The molecule has 0 spiro atoms. The highest BCUT2D eigenvalue weighted by molar-refractivity contribution is 8.00. The minimum absolute atomic E-state index is 0.303. The molecule has 0 aromatic heterocycles. The van der Waals surface area contributed by atoms with Crippen molar-refractivity contribution in [2.45, 2.75) is 44.8 Å². The lowest BCUT2D eigenvalue weighted by Crippen LogP contribution is -2.23. The second-order valence-corrected chi connectivity index (χ2v) is 4.73. The van der Waals surface area contributed by atoms with Gasteiger partial charge in [0.1, 0.15) is 5.78 Å². The molecule has 0 bridgehead atoms. The average Bonchev–Trinajstić information content (AvgIpc) is 2.27. The first kappa shape index (κ1) is 10.1. The summed E-state index contributed by atoms with van der Waals surface area (Å²) < 4.78 is 0. The maximum absolute atomic E-state index is 11.8. The molecule has 1 fully saturated rings. The summed E-state index contributed by atoms with van der Waals surface area (Å²) in [6.45, 7) is 4.25. The summed E-state index contributed by atoms with van der Waals surface area (Å²) in [4.78, 5) is 11.8.